The van der Waals surface area contributed by atoms with Crippen molar-refractivity contribution in [2.45, 2.75) is 34.1 Å². The Balaban J connectivity index is 0. The maximum Gasteiger partial charge on any atom is 0.133 e. The zero-order valence-corrected chi connectivity index (χ0v) is 8.72. The molecule has 0 amide bonds. The molecule has 0 aromatic rings. The van der Waals surface area contributed by atoms with Crippen LogP contribution in [0.2, 0.25) is 0 Å². The second kappa shape index (κ2) is 10.1. The van der Waals surface area contributed by atoms with E-state index in [1.807, 2.05) is 26.8 Å². The van der Waals surface area contributed by atoms with Crippen molar-refractivity contribution in [3.63, 3.8) is 0 Å². The van der Waals surface area contributed by atoms with Gasteiger partial charge in [0.2, 0.25) is 0 Å². The second-order valence-electron chi connectivity index (χ2n) is 2.24. The molecular weight excluding hydrogens is 150 g/mol. The van der Waals surface area contributed by atoms with E-state index in [4.69, 9.17) is 0 Å². The van der Waals surface area contributed by atoms with E-state index in [0.717, 1.165) is 5.57 Å². The minimum absolute atomic E-state index is 0.184. The van der Waals surface area contributed by atoms with Gasteiger partial charge in [0.25, 0.3) is 0 Å². The summed E-state index contributed by atoms with van der Waals surface area (Å²) in [5.74, 6) is 0.184. The molecule has 70 valence electrons. The molecule has 0 spiro atoms. The van der Waals surface area contributed by atoms with Gasteiger partial charge in [-0.2, -0.15) is 0 Å². The number of hydrogen-bond acceptors (Lipinski definition) is 2. The highest BCUT2D eigenvalue weighted by atomic mass is 16.1. The fourth-order valence-corrected chi connectivity index (χ4v) is 0.561. The molecule has 0 aliphatic carbocycles. The molecule has 0 saturated heterocycles. The van der Waals surface area contributed by atoms with Crippen LogP contribution >= 0.6 is 0 Å². The highest BCUT2D eigenvalue weighted by Crippen LogP contribution is 1.91. The van der Waals surface area contributed by atoms with Crippen molar-refractivity contribution in [1.29, 1.82) is 0 Å². The number of carbonyl (C=O) groups excluding carboxylic acids is 1. The van der Waals surface area contributed by atoms with Crippen molar-refractivity contribution in [1.82, 2.24) is 0 Å². The number of ketones is 1. The van der Waals surface area contributed by atoms with Crippen LogP contribution in [0.4, 0.5) is 0 Å². The van der Waals surface area contributed by atoms with Gasteiger partial charge in [0.05, 0.1) is 0 Å². The zero-order chi connectivity index (χ0) is 9.98. The van der Waals surface area contributed by atoms with Crippen LogP contribution in [0.5, 0.6) is 0 Å². The normalized spacial score (nSPS) is 10.9. The molecule has 0 radical (unpaired) electrons. The first-order valence-electron chi connectivity index (χ1n) is 4.25. The highest BCUT2D eigenvalue weighted by molar-refractivity contribution is 5.81. The molecular formula is C10H19NO. The predicted molar refractivity (Wildman–Crippen MR) is 54.8 cm³/mol. The average Bonchev–Trinajstić information content (AvgIpc) is 2.05. The first-order chi connectivity index (χ1) is 5.66. The van der Waals surface area contributed by atoms with Crippen molar-refractivity contribution in [3.05, 3.63) is 11.6 Å². The Morgan fingerprint density at radius 2 is 1.83 bits per heavy atom. The fourth-order valence-electron chi connectivity index (χ4n) is 0.561. The Bertz CT molecular complexity index is 169. The lowest BCUT2D eigenvalue weighted by atomic mass is 10.2. The SMILES string of the molecule is CC.CN=C/C(C)=C\CC(C)=O. The minimum Gasteiger partial charge on any atom is -0.300 e. The topological polar surface area (TPSA) is 29.4 Å². The first-order valence-corrected chi connectivity index (χ1v) is 4.25. The van der Waals surface area contributed by atoms with Crippen LogP contribution in [-0.4, -0.2) is 19.0 Å². The number of rotatable bonds is 3. The monoisotopic (exact) mass is 169 g/mol. The van der Waals surface area contributed by atoms with Crippen molar-refractivity contribution in [2.24, 2.45) is 4.99 Å². The van der Waals surface area contributed by atoms with Gasteiger partial charge in [0.15, 0.2) is 0 Å². The minimum atomic E-state index is 0.184. The molecule has 0 aliphatic heterocycles. The molecule has 0 atom stereocenters. The summed E-state index contributed by atoms with van der Waals surface area (Å²) in [6, 6.07) is 0. The van der Waals surface area contributed by atoms with E-state index in [1.165, 1.54) is 0 Å². The number of aliphatic imine (C=N–C) groups is 1. The lowest BCUT2D eigenvalue weighted by Gasteiger charge is -1.88. The van der Waals surface area contributed by atoms with Gasteiger partial charge < -0.3 is 0 Å². The van der Waals surface area contributed by atoms with E-state index in [9.17, 15) is 4.79 Å². The zero-order valence-electron chi connectivity index (χ0n) is 8.72. The third-order valence-corrected chi connectivity index (χ3v) is 1.04. The molecule has 2 nitrogen and oxygen atoms in total. The summed E-state index contributed by atoms with van der Waals surface area (Å²) in [4.78, 5) is 14.3. The summed E-state index contributed by atoms with van der Waals surface area (Å²) >= 11 is 0. The van der Waals surface area contributed by atoms with Gasteiger partial charge in [0.1, 0.15) is 5.78 Å². The van der Waals surface area contributed by atoms with Crippen LogP contribution < -0.4 is 0 Å². The first kappa shape index (κ1) is 13.7. The van der Waals surface area contributed by atoms with Gasteiger partial charge >= 0.3 is 0 Å². The van der Waals surface area contributed by atoms with Gasteiger partial charge in [-0.05, 0) is 19.4 Å². The number of carbonyl (C=O) groups is 1. The number of nitrogens with zero attached hydrogens (tertiary/aromatic N) is 1. The van der Waals surface area contributed by atoms with Crippen LogP contribution in [0.25, 0.3) is 0 Å². The van der Waals surface area contributed by atoms with Crippen molar-refractivity contribution < 1.29 is 4.79 Å². The number of Topliss-reactive ketones (excluding diaryl/α,β-unsaturated/α-hetero) is 1. The molecule has 0 fully saturated rings. The lowest BCUT2D eigenvalue weighted by molar-refractivity contribution is -0.116. The molecule has 0 aromatic heterocycles. The maximum atomic E-state index is 10.5. The molecule has 0 saturated carbocycles. The summed E-state index contributed by atoms with van der Waals surface area (Å²) < 4.78 is 0. The van der Waals surface area contributed by atoms with Gasteiger partial charge in [-0.1, -0.05) is 19.9 Å². The third kappa shape index (κ3) is 11.8. The van der Waals surface area contributed by atoms with E-state index in [2.05, 4.69) is 4.99 Å². The van der Waals surface area contributed by atoms with Crippen LogP contribution in [0.15, 0.2) is 16.6 Å². The second-order valence-corrected chi connectivity index (χ2v) is 2.24. The van der Waals surface area contributed by atoms with E-state index >= 15 is 0 Å². The summed E-state index contributed by atoms with van der Waals surface area (Å²) in [7, 11) is 1.71. The summed E-state index contributed by atoms with van der Waals surface area (Å²) in [6.45, 7) is 7.50. The lowest BCUT2D eigenvalue weighted by Crippen LogP contribution is -1.86. The van der Waals surface area contributed by atoms with E-state index in [-0.39, 0.29) is 5.78 Å². The summed E-state index contributed by atoms with van der Waals surface area (Å²) in [6.07, 6.45) is 4.12. The Kier molecular flexibility index (Phi) is 11.5. The van der Waals surface area contributed by atoms with Gasteiger partial charge in [-0.15, -0.1) is 0 Å². The summed E-state index contributed by atoms with van der Waals surface area (Å²) in [5, 5.41) is 0. The fraction of sp³-hybridized carbons (Fsp3) is 0.600. The Hall–Kier alpha value is -0.920. The Labute approximate surface area is 75.4 Å². The van der Waals surface area contributed by atoms with E-state index < -0.39 is 0 Å². The quantitative estimate of drug-likeness (QED) is 0.597. The Morgan fingerprint density at radius 1 is 1.33 bits per heavy atom. The average molecular weight is 169 g/mol. The molecule has 0 unspecified atom stereocenters. The van der Waals surface area contributed by atoms with Crippen LogP contribution in [-0.2, 0) is 4.79 Å². The van der Waals surface area contributed by atoms with Crippen LogP contribution in [0, 0.1) is 0 Å². The van der Waals surface area contributed by atoms with Gasteiger partial charge in [0, 0.05) is 19.7 Å². The third-order valence-electron chi connectivity index (χ3n) is 1.04. The standard InChI is InChI=1S/C8H13NO.C2H6/c1-7(6-9-3)4-5-8(2)10;1-2/h4,6H,5H2,1-3H3;1-2H3/b7-4-,9-6?;. The Morgan fingerprint density at radius 3 is 2.17 bits per heavy atom. The van der Waals surface area contributed by atoms with E-state index in [1.54, 1.807) is 20.2 Å². The summed E-state index contributed by atoms with van der Waals surface area (Å²) in [5.41, 5.74) is 1.04. The van der Waals surface area contributed by atoms with Crippen molar-refractivity contribution >= 4 is 12.0 Å². The smallest absolute Gasteiger partial charge is 0.133 e. The van der Waals surface area contributed by atoms with Crippen LogP contribution in [0.1, 0.15) is 34.1 Å². The number of hydrogen-bond donors (Lipinski definition) is 0. The van der Waals surface area contributed by atoms with E-state index in [0.29, 0.717) is 6.42 Å². The molecule has 0 heterocycles. The maximum absolute atomic E-state index is 10.5. The molecule has 0 rings (SSSR count). The van der Waals surface area contributed by atoms with Crippen molar-refractivity contribution in [2.75, 3.05) is 7.05 Å². The molecule has 0 aromatic carbocycles. The number of allylic oxidation sites excluding steroid dienone is 2. The van der Waals surface area contributed by atoms with Gasteiger partial charge in [-0.25, -0.2) is 0 Å². The molecule has 0 bridgehead atoms. The predicted octanol–water partition coefficient (Wildman–Crippen LogP) is 2.64. The molecule has 0 N–H and O–H groups in total. The molecule has 12 heavy (non-hydrogen) atoms. The highest BCUT2D eigenvalue weighted by Gasteiger charge is 1.87. The van der Waals surface area contributed by atoms with Crippen molar-refractivity contribution in [3.8, 4) is 0 Å². The van der Waals surface area contributed by atoms with Gasteiger partial charge in [-0.3, -0.25) is 9.79 Å². The van der Waals surface area contributed by atoms with Crippen LogP contribution in [0.3, 0.4) is 0 Å². The molecule has 2 heteroatoms. The molecule has 0 aliphatic rings. The largest absolute Gasteiger partial charge is 0.300 e.